The quantitative estimate of drug-likeness (QED) is 0.559. The number of carbonyl (C=O) groups is 2. The molecule has 0 aliphatic rings. The van der Waals surface area contributed by atoms with Crippen LogP contribution in [-0.4, -0.2) is 37.0 Å². The van der Waals surface area contributed by atoms with E-state index >= 15 is 0 Å². The number of amides is 1. The number of fused-ring (bicyclic) bond motifs is 1. The fraction of sp³-hybridized carbons (Fsp3) is 0.235. The standard InChI is InChI=1S/C17H17N5O2S/c1-10-7-15-20-21-17(22(15)12(3)18-10)25-9-16(24)19-14-6-4-5-13(8-14)11(2)23/h4-8H,9H2,1-3H3,(H,19,24). The van der Waals surface area contributed by atoms with Gasteiger partial charge in [0.2, 0.25) is 5.91 Å². The average molecular weight is 355 g/mol. The third-order valence-electron chi connectivity index (χ3n) is 3.54. The van der Waals surface area contributed by atoms with Gasteiger partial charge in [0.15, 0.2) is 16.6 Å². The van der Waals surface area contributed by atoms with E-state index < -0.39 is 0 Å². The molecule has 3 aromatic rings. The summed E-state index contributed by atoms with van der Waals surface area (Å²) >= 11 is 1.28. The molecule has 0 bridgehead atoms. The van der Waals surface area contributed by atoms with Crippen LogP contribution in [0.3, 0.4) is 0 Å². The van der Waals surface area contributed by atoms with Gasteiger partial charge >= 0.3 is 0 Å². The zero-order valence-electron chi connectivity index (χ0n) is 14.1. The molecule has 1 N–H and O–H groups in total. The predicted molar refractivity (Wildman–Crippen MR) is 96.1 cm³/mol. The van der Waals surface area contributed by atoms with Gasteiger partial charge in [0.05, 0.1) is 5.75 Å². The van der Waals surface area contributed by atoms with E-state index in [-0.39, 0.29) is 17.4 Å². The molecule has 1 aromatic carbocycles. The van der Waals surface area contributed by atoms with E-state index in [1.54, 1.807) is 24.3 Å². The Bertz CT molecular complexity index is 967. The molecule has 0 saturated heterocycles. The summed E-state index contributed by atoms with van der Waals surface area (Å²) in [6.45, 7) is 5.27. The van der Waals surface area contributed by atoms with Crippen LogP contribution in [0.15, 0.2) is 35.5 Å². The van der Waals surface area contributed by atoms with Crippen LogP contribution in [0.5, 0.6) is 0 Å². The zero-order valence-corrected chi connectivity index (χ0v) is 14.9. The Kier molecular flexibility index (Phi) is 4.80. The van der Waals surface area contributed by atoms with E-state index in [2.05, 4.69) is 20.5 Å². The first-order chi connectivity index (χ1) is 11.9. The first-order valence-corrected chi connectivity index (χ1v) is 8.65. The number of benzene rings is 1. The number of nitrogens with zero attached hydrogens (tertiary/aromatic N) is 4. The molecule has 128 valence electrons. The van der Waals surface area contributed by atoms with Gasteiger partial charge < -0.3 is 5.32 Å². The Morgan fingerprint density at radius 1 is 1.20 bits per heavy atom. The van der Waals surface area contributed by atoms with Gasteiger partial charge in [0.1, 0.15) is 5.82 Å². The van der Waals surface area contributed by atoms with E-state index in [4.69, 9.17) is 0 Å². The number of rotatable bonds is 5. The molecule has 2 heterocycles. The highest BCUT2D eigenvalue weighted by atomic mass is 32.2. The number of Topliss-reactive ketones (excluding diaryl/α,β-unsaturated/α-hetero) is 1. The summed E-state index contributed by atoms with van der Waals surface area (Å²) in [5.74, 6) is 0.731. The lowest BCUT2D eigenvalue weighted by atomic mass is 10.1. The maximum Gasteiger partial charge on any atom is 0.234 e. The van der Waals surface area contributed by atoms with Crippen molar-refractivity contribution in [1.29, 1.82) is 0 Å². The Balaban J connectivity index is 1.69. The first-order valence-electron chi connectivity index (χ1n) is 7.67. The molecule has 0 atom stereocenters. The smallest absolute Gasteiger partial charge is 0.234 e. The number of hydrogen-bond donors (Lipinski definition) is 1. The van der Waals surface area contributed by atoms with Crippen LogP contribution in [0.25, 0.3) is 5.65 Å². The van der Waals surface area contributed by atoms with Gasteiger partial charge in [-0.25, -0.2) is 4.98 Å². The number of hydrogen-bond acceptors (Lipinski definition) is 6. The summed E-state index contributed by atoms with van der Waals surface area (Å²) in [7, 11) is 0. The predicted octanol–water partition coefficient (Wildman–Crippen LogP) is 2.67. The van der Waals surface area contributed by atoms with Gasteiger partial charge in [-0.05, 0) is 32.9 Å². The molecular weight excluding hydrogens is 338 g/mol. The van der Waals surface area contributed by atoms with Gasteiger partial charge in [0.25, 0.3) is 0 Å². The molecule has 0 spiro atoms. The van der Waals surface area contributed by atoms with Crippen LogP contribution < -0.4 is 5.32 Å². The number of carbonyl (C=O) groups excluding carboxylic acids is 2. The van der Waals surface area contributed by atoms with Gasteiger partial charge in [-0.15, -0.1) is 10.2 Å². The fourth-order valence-electron chi connectivity index (χ4n) is 2.44. The Labute approximate surface area is 148 Å². The van der Waals surface area contributed by atoms with E-state index in [1.165, 1.54) is 18.7 Å². The maximum atomic E-state index is 12.2. The number of aromatic nitrogens is 4. The third-order valence-corrected chi connectivity index (χ3v) is 4.47. The van der Waals surface area contributed by atoms with Crippen LogP contribution in [0.4, 0.5) is 5.69 Å². The molecule has 0 saturated carbocycles. The molecule has 1 amide bonds. The summed E-state index contributed by atoms with van der Waals surface area (Å²) < 4.78 is 1.82. The Hall–Kier alpha value is -2.74. The van der Waals surface area contributed by atoms with Crippen molar-refractivity contribution in [3.05, 3.63) is 47.4 Å². The minimum absolute atomic E-state index is 0.0429. The van der Waals surface area contributed by atoms with E-state index in [0.717, 1.165) is 11.5 Å². The van der Waals surface area contributed by atoms with Crippen molar-refractivity contribution in [3.63, 3.8) is 0 Å². The minimum Gasteiger partial charge on any atom is -0.325 e. The minimum atomic E-state index is -0.180. The van der Waals surface area contributed by atoms with Crippen LogP contribution in [0.1, 0.15) is 28.8 Å². The molecule has 8 heteroatoms. The highest BCUT2D eigenvalue weighted by Gasteiger charge is 2.12. The molecule has 0 aliphatic carbocycles. The second kappa shape index (κ2) is 7.02. The summed E-state index contributed by atoms with van der Waals surface area (Å²) in [4.78, 5) is 28.0. The first kappa shape index (κ1) is 17.1. The van der Waals surface area contributed by atoms with Crippen LogP contribution in [-0.2, 0) is 4.79 Å². The molecule has 0 fully saturated rings. The molecule has 3 rings (SSSR count). The van der Waals surface area contributed by atoms with Crippen molar-refractivity contribution in [3.8, 4) is 0 Å². The van der Waals surface area contributed by atoms with Gasteiger partial charge in [0, 0.05) is 23.0 Å². The Morgan fingerprint density at radius 2 is 2.00 bits per heavy atom. The lowest BCUT2D eigenvalue weighted by Crippen LogP contribution is -2.14. The monoisotopic (exact) mass is 355 g/mol. The maximum absolute atomic E-state index is 12.2. The summed E-state index contributed by atoms with van der Waals surface area (Å²) in [6, 6.07) is 8.71. The van der Waals surface area contributed by atoms with E-state index in [1.807, 2.05) is 24.3 Å². The molecular formula is C17H17N5O2S. The average Bonchev–Trinajstić information content (AvgIpc) is 2.96. The highest BCUT2D eigenvalue weighted by Crippen LogP contribution is 2.19. The molecule has 25 heavy (non-hydrogen) atoms. The topological polar surface area (TPSA) is 89.2 Å². The lowest BCUT2D eigenvalue weighted by Gasteiger charge is -2.06. The van der Waals surface area contributed by atoms with Crippen molar-refractivity contribution in [2.45, 2.75) is 25.9 Å². The molecule has 0 aliphatic heterocycles. The number of nitrogens with one attached hydrogen (secondary N) is 1. The normalized spacial score (nSPS) is 10.8. The number of thioether (sulfide) groups is 1. The zero-order chi connectivity index (χ0) is 18.0. The van der Waals surface area contributed by atoms with Crippen molar-refractivity contribution < 1.29 is 9.59 Å². The second-order valence-electron chi connectivity index (χ2n) is 5.59. The van der Waals surface area contributed by atoms with Crippen molar-refractivity contribution in [2.75, 3.05) is 11.1 Å². The second-order valence-corrected chi connectivity index (χ2v) is 6.54. The van der Waals surface area contributed by atoms with Crippen LogP contribution >= 0.6 is 11.8 Å². The van der Waals surface area contributed by atoms with Crippen molar-refractivity contribution >= 4 is 34.8 Å². The van der Waals surface area contributed by atoms with E-state index in [0.29, 0.717) is 22.1 Å². The van der Waals surface area contributed by atoms with Crippen molar-refractivity contribution in [2.24, 2.45) is 0 Å². The largest absolute Gasteiger partial charge is 0.325 e. The van der Waals surface area contributed by atoms with Gasteiger partial charge in [-0.1, -0.05) is 23.9 Å². The van der Waals surface area contributed by atoms with Gasteiger partial charge in [-0.3, -0.25) is 14.0 Å². The number of anilines is 1. The fourth-order valence-corrected chi connectivity index (χ4v) is 3.23. The highest BCUT2D eigenvalue weighted by molar-refractivity contribution is 7.99. The Morgan fingerprint density at radius 3 is 2.76 bits per heavy atom. The summed E-state index contributed by atoms with van der Waals surface area (Å²) in [6.07, 6.45) is 0. The number of aryl methyl sites for hydroxylation is 2. The summed E-state index contributed by atoms with van der Waals surface area (Å²) in [5.41, 5.74) is 2.74. The lowest BCUT2D eigenvalue weighted by molar-refractivity contribution is -0.113. The number of ketones is 1. The molecule has 7 nitrogen and oxygen atoms in total. The van der Waals surface area contributed by atoms with Crippen molar-refractivity contribution in [1.82, 2.24) is 19.6 Å². The molecule has 0 radical (unpaired) electrons. The summed E-state index contributed by atoms with van der Waals surface area (Å²) in [5, 5.41) is 11.6. The van der Waals surface area contributed by atoms with Crippen LogP contribution in [0.2, 0.25) is 0 Å². The molecule has 2 aromatic heterocycles. The molecule has 0 unspecified atom stereocenters. The van der Waals surface area contributed by atoms with Crippen LogP contribution in [0, 0.1) is 13.8 Å². The third kappa shape index (κ3) is 3.85. The SMILES string of the molecule is CC(=O)c1cccc(NC(=O)CSc2nnc3cc(C)nc(C)n23)c1. The van der Waals surface area contributed by atoms with Gasteiger partial charge in [-0.2, -0.15) is 0 Å². The van der Waals surface area contributed by atoms with E-state index in [9.17, 15) is 9.59 Å².